The Kier molecular flexibility index (Phi) is 14.8. The molecule has 3 amide bonds. The van der Waals surface area contributed by atoms with Crippen molar-refractivity contribution < 1.29 is 28.7 Å². The van der Waals surface area contributed by atoms with Gasteiger partial charge in [-0.3, -0.25) is 14.4 Å². The molecule has 1 rings (SSSR count). The SMILES string of the molecule is CC(=O)CC(=O)Cc1ccc(CNC(=O)COCCCNC(=O)NCCCCCC=O)cc1. The van der Waals surface area contributed by atoms with Crippen LogP contribution < -0.4 is 16.0 Å². The molecule has 0 aliphatic carbocycles. The van der Waals surface area contributed by atoms with E-state index in [9.17, 15) is 24.0 Å². The molecule has 1 aromatic rings. The molecule has 9 nitrogen and oxygen atoms in total. The highest BCUT2D eigenvalue weighted by atomic mass is 16.5. The lowest BCUT2D eigenvalue weighted by molar-refractivity contribution is -0.126. The lowest BCUT2D eigenvalue weighted by Gasteiger charge is -2.09. The number of ketones is 2. The van der Waals surface area contributed by atoms with Crippen LogP contribution in [0.15, 0.2) is 24.3 Å². The first-order chi connectivity index (χ1) is 15.9. The van der Waals surface area contributed by atoms with Crippen LogP contribution in [0.1, 0.15) is 56.6 Å². The van der Waals surface area contributed by atoms with Crippen LogP contribution in [0, 0.1) is 0 Å². The van der Waals surface area contributed by atoms with Crippen LogP contribution in [0.5, 0.6) is 0 Å². The fourth-order valence-corrected chi connectivity index (χ4v) is 2.93. The standard InChI is InChI=1S/C24H35N3O6/c1-19(29)15-22(30)16-20-7-9-21(10-8-20)17-27-23(31)18-33-14-6-12-26-24(32)25-11-4-2-3-5-13-28/h7-10,13H,2-6,11-12,14-18H2,1H3,(H,27,31)(H2,25,26,32). The van der Waals surface area contributed by atoms with E-state index >= 15 is 0 Å². The molecule has 0 unspecified atom stereocenters. The maximum Gasteiger partial charge on any atom is 0.314 e. The third-order valence-corrected chi connectivity index (χ3v) is 4.63. The molecule has 1 aromatic carbocycles. The number of unbranched alkanes of at least 4 members (excludes halogenated alkanes) is 3. The molecule has 3 N–H and O–H groups in total. The number of carbonyl (C=O) groups is 5. The van der Waals surface area contributed by atoms with Gasteiger partial charge in [0.2, 0.25) is 5.91 Å². The van der Waals surface area contributed by atoms with E-state index in [2.05, 4.69) is 16.0 Å². The Hall–Kier alpha value is -3.07. The van der Waals surface area contributed by atoms with Crippen molar-refractivity contribution in [2.45, 2.75) is 58.4 Å². The topological polar surface area (TPSA) is 131 Å². The number of hydrogen-bond acceptors (Lipinski definition) is 6. The summed E-state index contributed by atoms with van der Waals surface area (Å²) in [6.45, 7) is 3.04. The highest BCUT2D eigenvalue weighted by Gasteiger charge is 2.07. The van der Waals surface area contributed by atoms with Crippen LogP contribution >= 0.6 is 0 Å². The highest BCUT2D eigenvalue weighted by Crippen LogP contribution is 2.07. The Morgan fingerprint density at radius 3 is 2.21 bits per heavy atom. The predicted molar refractivity (Wildman–Crippen MR) is 124 cm³/mol. The van der Waals surface area contributed by atoms with Gasteiger partial charge in [0.25, 0.3) is 0 Å². The molecule has 0 fully saturated rings. The van der Waals surface area contributed by atoms with Gasteiger partial charge < -0.3 is 25.5 Å². The summed E-state index contributed by atoms with van der Waals surface area (Å²) in [5.74, 6) is -0.493. The van der Waals surface area contributed by atoms with Crippen LogP contribution in [0.3, 0.4) is 0 Å². The van der Waals surface area contributed by atoms with Crippen molar-refractivity contribution in [1.29, 1.82) is 0 Å². The third kappa shape index (κ3) is 15.4. The Balaban J connectivity index is 2.05. The van der Waals surface area contributed by atoms with Gasteiger partial charge in [0.15, 0.2) is 0 Å². The normalized spacial score (nSPS) is 10.3. The van der Waals surface area contributed by atoms with Gasteiger partial charge >= 0.3 is 6.03 Å². The van der Waals surface area contributed by atoms with Crippen molar-refractivity contribution in [3.63, 3.8) is 0 Å². The number of aldehydes is 1. The molecule has 0 heterocycles. The van der Waals surface area contributed by atoms with Crippen molar-refractivity contribution in [2.24, 2.45) is 0 Å². The molecule has 0 saturated heterocycles. The maximum absolute atomic E-state index is 11.9. The summed E-state index contributed by atoms with van der Waals surface area (Å²) in [5.41, 5.74) is 1.72. The Bertz CT molecular complexity index is 764. The summed E-state index contributed by atoms with van der Waals surface area (Å²) < 4.78 is 5.32. The van der Waals surface area contributed by atoms with E-state index in [-0.39, 0.29) is 43.0 Å². The number of Topliss-reactive ketones (excluding diaryl/α,β-unsaturated/α-hetero) is 2. The Morgan fingerprint density at radius 2 is 1.55 bits per heavy atom. The van der Waals surface area contributed by atoms with E-state index in [1.165, 1.54) is 6.92 Å². The number of benzene rings is 1. The summed E-state index contributed by atoms with van der Waals surface area (Å²) in [5, 5.41) is 8.23. The number of ether oxygens (including phenoxy) is 1. The highest BCUT2D eigenvalue weighted by molar-refractivity contribution is 5.98. The summed E-state index contributed by atoms with van der Waals surface area (Å²) in [6, 6.07) is 7.05. The lowest BCUT2D eigenvalue weighted by atomic mass is 10.0. The van der Waals surface area contributed by atoms with Gasteiger partial charge in [-0.15, -0.1) is 0 Å². The number of rotatable bonds is 18. The van der Waals surface area contributed by atoms with Crippen LogP contribution in [-0.4, -0.2) is 56.1 Å². The quantitative estimate of drug-likeness (QED) is 0.174. The van der Waals surface area contributed by atoms with E-state index < -0.39 is 0 Å². The monoisotopic (exact) mass is 461 g/mol. The average molecular weight is 462 g/mol. The molecule has 0 aromatic heterocycles. The molecular weight excluding hydrogens is 426 g/mol. The second kappa shape index (κ2) is 17.5. The predicted octanol–water partition coefficient (Wildman–Crippen LogP) is 1.86. The van der Waals surface area contributed by atoms with Crippen molar-refractivity contribution >= 4 is 29.8 Å². The molecule has 182 valence electrons. The Labute approximate surface area is 195 Å². The molecular formula is C24H35N3O6. The molecule has 0 aliphatic rings. The van der Waals surface area contributed by atoms with Crippen molar-refractivity contribution in [2.75, 3.05) is 26.3 Å². The van der Waals surface area contributed by atoms with Gasteiger partial charge in [-0.1, -0.05) is 30.7 Å². The second-order valence-corrected chi connectivity index (χ2v) is 7.79. The zero-order chi connectivity index (χ0) is 24.3. The smallest absolute Gasteiger partial charge is 0.314 e. The number of hydrogen-bond donors (Lipinski definition) is 3. The number of nitrogens with one attached hydrogen (secondary N) is 3. The molecule has 0 spiro atoms. The second-order valence-electron chi connectivity index (χ2n) is 7.79. The molecule has 0 radical (unpaired) electrons. The van der Waals surface area contributed by atoms with E-state index in [1.54, 1.807) is 0 Å². The number of amides is 3. The zero-order valence-corrected chi connectivity index (χ0v) is 19.3. The van der Waals surface area contributed by atoms with E-state index in [0.717, 1.165) is 36.7 Å². The van der Waals surface area contributed by atoms with Crippen LogP contribution in [-0.2, 0) is 36.9 Å². The van der Waals surface area contributed by atoms with Crippen molar-refractivity contribution in [3.8, 4) is 0 Å². The molecule has 9 heteroatoms. The molecule has 0 bridgehead atoms. The van der Waals surface area contributed by atoms with Gasteiger partial charge in [-0.2, -0.15) is 0 Å². The van der Waals surface area contributed by atoms with E-state index in [4.69, 9.17) is 4.74 Å². The van der Waals surface area contributed by atoms with E-state index in [0.29, 0.717) is 39.1 Å². The zero-order valence-electron chi connectivity index (χ0n) is 19.3. The summed E-state index contributed by atoms with van der Waals surface area (Å²) in [7, 11) is 0. The van der Waals surface area contributed by atoms with Gasteiger partial charge in [0, 0.05) is 39.1 Å². The summed E-state index contributed by atoms with van der Waals surface area (Å²) in [6.07, 6.45) is 4.80. The third-order valence-electron chi connectivity index (χ3n) is 4.63. The molecule has 33 heavy (non-hydrogen) atoms. The van der Waals surface area contributed by atoms with Crippen molar-refractivity contribution in [3.05, 3.63) is 35.4 Å². The Morgan fingerprint density at radius 1 is 0.879 bits per heavy atom. The lowest BCUT2D eigenvalue weighted by Crippen LogP contribution is -2.36. The molecule has 0 atom stereocenters. The fourth-order valence-electron chi connectivity index (χ4n) is 2.93. The first-order valence-corrected chi connectivity index (χ1v) is 11.3. The first kappa shape index (κ1) is 28.0. The first-order valence-electron chi connectivity index (χ1n) is 11.3. The minimum absolute atomic E-state index is 0.0503. The summed E-state index contributed by atoms with van der Waals surface area (Å²) >= 11 is 0. The van der Waals surface area contributed by atoms with Gasteiger partial charge in [-0.25, -0.2) is 4.79 Å². The fraction of sp³-hybridized carbons (Fsp3) is 0.542. The minimum Gasteiger partial charge on any atom is -0.372 e. The minimum atomic E-state index is -0.240. The molecule has 0 aliphatic heterocycles. The van der Waals surface area contributed by atoms with Crippen molar-refractivity contribution in [1.82, 2.24) is 16.0 Å². The largest absolute Gasteiger partial charge is 0.372 e. The van der Waals surface area contributed by atoms with Crippen LogP contribution in [0.2, 0.25) is 0 Å². The number of urea groups is 1. The van der Waals surface area contributed by atoms with E-state index in [1.807, 2.05) is 24.3 Å². The number of carbonyl (C=O) groups excluding carboxylic acids is 5. The van der Waals surface area contributed by atoms with Crippen LogP contribution in [0.25, 0.3) is 0 Å². The van der Waals surface area contributed by atoms with Crippen LogP contribution in [0.4, 0.5) is 4.79 Å². The maximum atomic E-state index is 11.9. The van der Waals surface area contributed by atoms with Gasteiger partial charge in [-0.05, 0) is 37.3 Å². The summed E-state index contributed by atoms with van der Waals surface area (Å²) in [4.78, 5) is 56.3. The average Bonchev–Trinajstić information content (AvgIpc) is 2.77. The molecule has 0 saturated carbocycles. The van der Waals surface area contributed by atoms with Gasteiger partial charge in [0.05, 0.1) is 6.42 Å². The van der Waals surface area contributed by atoms with Gasteiger partial charge in [0.1, 0.15) is 24.5 Å².